The first-order valence-electron chi connectivity index (χ1n) is 2.33. The van der Waals surface area contributed by atoms with Crippen LogP contribution >= 0.6 is 0 Å². The average Bonchev–Trinajstić information content (AvgIpc) is 2.17. The topological polar surface area (TPSA) is 32.8 Å². The highest BCUT2D eigenvalue weighted by atomic mass is 16.7. The number of hydrogen-bond acceptors (Lipinski definition) is 2. The van der Waals surface area contributed by atoms with Gasteiger partial charge in [0, 0.05) is 5.92 Å². The van der Waals surface area contributed by atoms with Crippen LogP contribution in [0.3, 0.4) is 0 Å². The van der Waals surface area contributed by atoms with Gasteiger partial charge >= 0.3 is 5.95 Å². The molecule has 0 aromatic heterocycles. The Morgan fingerprint density at radius 3 is 2.00 bits per heavy atom. The molecule has 2 heteroatoms. The lowest BCUT2D eigenvalue weighted by Gasteiger charge is -1.85. The minimum Gasteiger partial charge on any atom is -0.478 e. The molecular weight excluding hydrogens is 92.1 g/mol. The summed E-state index contributed by atoms with van der Waals surface area (Å²) in [7, 11) is 0. The smallest absolute Gasteiger partial charge is 0.323 e. The van der Waals surface area contributed by atoms with Crippen molar-refractivity contribution in [3.8, 4) is 0 Å². The third-order valence-electron chi connectivity index (χ3n) is 0.900. The number of aliphatic hydroxyl groups is 1. The summed E-state index contributed by atoms with van der Waals surface area (Å²) in [6.45, 7) is 3.94. The summed E-state index contributed by atoms with van der Waals surface area (Å²) in [6, 6.07) is 0. The predicted octanol–water partition coefficient (Wildman–Crippen LogP) is 1.40. The molecule has 1 heterocycles. The van der Waals surface area contributed by atoms with Crippen LogP contribution in [0.25, 0.3) is 0 Å². The van der Waals surface area contributed by atoms with E-state index in [4.69, 9.17) is 5.11 Å². The zero-order valence-corrected chi connectivity index (χ0v) is 4.43. The summed E-state index contributed by atoms with van der Waals surface area (Å²) in [5.74, 6) is 1.20. The van der Waals surface area contributed by atoms with Crippen LogP contribution in [0.1, 0.15) is 13.8 Å². The molecule has 1 aliphatic rings. The first-order chi connectivity index (χ1) is 3.22. The van der Waals surface area contributed by atoms with Gasteiger partial charge in [-0.3, -0.25) is 0 Å². The van der Waals surface area contributed by atoms with E-state index in [1.165, 1.54) is 0 Å². The lowest BCUT2D eigenvalue weighted by molar-refractivity contribution is 0.269. The molecule has 1 rings (SSSR count). The third kappa shape index (κ3) is 0.683. The van der Waals surface area contributed by atoms with E-state index in [2.05, 4.69) is 4.74 Å². The maximum atomic E-state index is 8.45. The van der Waals surface area contributed by atoms with Crippen LogP contribution in [-0.4, -0.2) is 5.11 Å². The van der Waals surface area contributed by atoms with Crippen molar-refractivity contribution < 1.29 is 9.84 Å². The number of ether oxygens (including phenoxy) is 1. The van der Waals surface area contributed by atoms with Gasteiger partial charge in [0.2, 0.25) is 0 Å². The Hall–Kier alpha value is -0.660. The van der Waals surface area contributed by atoms with Crippen LogP contribution in [0.4, 0.5) is 0 Å². The maximum Gasteiger partial charge on any atom is 0.323 e. The molecule has 0 aromatic carbocycles. The van der Waals surface area contributed by atoms with Gasteiger partial charge in [0.25, 0.3) is 0 Å². The number of hydrogen-bond donors (Lipinski definition) is 1. The number of allylic oxidation sites excluding steroid dienone is 1. The minimum absolute atomic E-state index is 0.120. The van der Waals surface area contributed by atoms with E-state index in [0.717, 1.165) is 5.76 Å². The van der Waals surface area contributed by atoms with Gasteiger partial charge in [-0.1, -0.05) is 13.8 Å². The maximum absolute atomic E-state index is 8.45. The zero-order chi connectivity index (χ0) is 5.44. The van der Waals surface area contributed by atoms with E-state index >= 15 is 0 Å². The molecule has 0 radical (unpaired) electrons. The zero-order valence-electron chi connectivity index (χ0n) is 4.43. The highest BCUT2D eigenvalue weighted by Gasteiger charge is 2.26. The molecule has 0 spiro atoms. The van der Waals surface area contributed by atoms with Crippen LogP contribution in [0.5, 0.6) is 0 Å². The van der Waals surface area contributed by atoms with Gasteiger partial charge < -0.3 is 9.84 Å². The molecule has 40 valence electrons. The average molecular weight is 100 g/mol. The Balaban J connectivity index is 2.45. The summed E-state index contributed by atoms with van der Waals surface area (Å²) in [6.07, 6.45) is 0. The van der Waals surface area contributed by atoms with Gasteiger partial charge in [-0.05, 0) is 0 Å². The normalized spacial score (nSPS) is 17.6. The van der Waals surface area contributed by atoms with E-state index in [1.54, 1.807) is 0 Å². The predicted molar refractivity (Wildman–Crippen MR) is 25.6 cm³/mol. The van der Waals surface area contributed by atoms with E-state index in [9.17, 15) is 0 Å². The third-order valence-corrected chi connectivity index (χ3v) is 0.900. The van der Waals surface area contributed by atoms with Crippen molar-refractivity contribution in [3.63, 3.8) is 0 Å². The number of aliphatic hydroxyl groups excluding tert-OH is 1. The van der Waals surface area contributed by atoms with Crippen molar-refractivity contribution >= 4 is 0 Å². The minimum atomic E-state index is 0.120. The standard InChI is InChI=1S/C5H8O2/c1-3(2)4-5(6)7-4/h3,6H,1-2H3. The van der Waals surface area contributed by atoms with Crippen molar-refractivity contribution in [2.45, 2.75) is 13.8 Å². The summed E-state index contributed by atoms with van der Waals surface area (Å²) in [4.78, 5) is 0. The second-order valence-corrected chi connectivity index (χ2v) is 1.93. The molecule has 0 aromatic rings. The van der Waals surface area contributed by atoms with Crippen molar-refractivity contribution in [1.82, 2.24) is 0 Å². The Morgan fingerprint density at radius 2 is 2.00 bits per heavy atom. The van der Waals surface area contributed by atoms with Gasteiger partial charge in [-0.15, -0.1) is 0 Å². The molecule has 0 unspecified atom stereocenters. The van der Waals surface area contributed by atoms with Crippen LogP contribution in [0.15, 0.2) is 11.7 Å². The fraction of sp³-hybridized carbons (Fsp3) is 0.600. The SMILES string of the molecule is CC(C)C1=C(O)O1. The van der Waals surface area contributed by atoms with Crippen LogP contribution in [0, 0.1) is 5.92 Å². The van der Waals surface area contributed by atoms with Gasteiger partial charge in [0.15, 0.2) is 5.76 Å². The Bertz CT molecular complexity index is 113. The molecule has 2 nitrogen and oxygen atoms in total. The molecule has 0 atom stereocenters. The van der Waals surface area contributed by atoms with E-state index in [-0.39, 0.29) is 5.95 Å². The first kappa shape index (κ1) is 4.50. The second kappa shape index (κ2) is 1.15. The van der Waals surface area contributed by atoms with E-state index in [0.29, 0.717) is 5.92 Å². The van der Waals surface area contributed by atoms with E-state index < -0.39 is 0 Å². The molecule has 0 aliphatic carbocycles. The largest absolute Gasteiger partial charge is 0.478 e. The van der Waals surface area contributed by atoms with Crippen molar-refractivity contribution in [3.05, 3.63) is 11.7 Å². The Kier molecular flexibility index (Phi) is 0.741. The molecule has 0 saturated carbocycles. The fourth-order valence-electron chi connectivity index (χ4n) is 0.443. The van der Waals surface area contributed by atoms with E-state index in [1.807, 2.05) is 13.8 Å². The molecule has 0 fully saturated rings. The Labute approximate surface area is 42.4 Å². The Morgan fingerprint density at radius 1 is 1.57 bits per heavy atom. The van der Waals surface area contributed by atoms with Crippen molar-refractivity contribution in [2.75, 3.05) is 0 Å². The molecule has 0 saturated heterocycles. The number of rotatable bonds is 1. The molecule has 0 amide bonds. The highest BCUT2D eigenvalue weighted by molar-refractivity contribution is 5.11. The summed E-state index contributed by atoms with van der Waals surface area (Å²) < 4.78 is 4.57. The lowest BCUT2D eigenvalue weighted by Crippen LogP contribution is -1.78. The van der Waals surface area contributed by atoms with Crippen molar-refractivity contribution in [2.24, 2.45) is 5.92 Å². The second-order valence-electron chi connectivity index (χ2n) is 1.93. The van der Waals surface area contributed by atoms with Crippen molar-refractivity contribution in [1.29, 1.82) is 0 Å². The summed E-state index contributed by atoms with van der Waals surface area (Å²) >= 11 is 0. The molecule has 7 heavy (non-hydrogen) atoms. The first-order valence-corrected chi connectivity index (χ1v) is 2.33. The molecule has 1 aliphatic heterocycles. The quantitative estimate of drug-likeness (QED) is 0.540. The summed E-state index contributed by atoms with van der Waals surface area (Å²) in [5.41, 5.74) is 0. The monoisotopic (exact) mass is 100 g/mol. The summed E-state index contributed by atoms with van der Waals surface area (Å²) in [5, 5.41) is 8.45. The van der Waals surface area contributed by atoms with Gasteiger partial charge in [0.1, 0.15) is 0 Å². The van der Waals surface area contributed by atoms with Gasteiger partial charge in [-0.25, -0.2) is 0 Å². The molecular formula is C5H8O2. The van der Waals surface area contributed by atoms with Gasteiger partial charge in [0.05, 0.1) is 0 Å². The fourth-order valence-corrected chi connectivity index (χ4v) is 0.443. The highest BCUT2D eigenvalue weighted by Crippen LogP contribution is 2.29. The molecule has 0 bridgehead atoms. The van der Waals surface area contributed by atoms with Crippen LogP contribution in [0.2, 0.25) is 0 Å². The van der Waals surface area contributed by atoms with Crippen LogP contribution in [-0.2, 0) is 4.74 Å². The van der Waals surface area contributed by atoms with Crippen LogP contribution < -0.4 is 0 Å². The van der Waals surface area contributed by atoms with Gasteiger partial charge in [-0.2, -0.15) is 0 Å². The lowest BCUT2D eigenvalue weighted by atomic mass is 10.2. The molecule has 1 N–H and O–H groups in total.